The molecule has 0 saturated heterocycles. The van der Waals surface area contributed by atoms with E-state index < -0.39 is 59.4 Å². The molecule has 0 heterocycles. The van der Waals surface area contributed by atoms with Crippen molar-refractivity contribution in [3.8, 4) is 0 Å². The molecule has 0 unspecified atom stereocenters. The van der Waals surface area contributed by atoms with Crippen LogP contribution < -0.4 is 5.32 Å². The van der Waals surface area contributed by atoms with Gasteiger partial charge in [0.2, 0.25) is 0 Å². The van der Waals surface area contributed by atoms with E-state index in [2.05, 4.69) is 19.5 Å². The molecule has 1 aromatic carbocycles. The highest BCUT2D eigenvalue weighted by Crippen LogP contribution is 2.17. The quantitative estimate of drug-likeness (QED) is 0.550. The van der Waals surface area contributed by atoms with Crippen molar-refractivity contribution in [3.05, 3.63) is 35.4 Å². The monoisotopic (exact) mass is 373 g/mol. The third kappa shape index (κ3) is 4.98. The number of ether oxygens (including phenoxy) is 3. The van der Waals surface area contributed by atoms with E-state index in [4.69, 9.17) is 0 Å². The molecule has 1 rings (SSSR count). The van der Waals surface area contributed by atoms with Crippen LogP contribution in [0.4, 0.5) is 8.78 Å². The number of carbonyl (C=O) groups excluding carboxylic acids is 4. The van der Waals surface area contributed by atoms with Gasteiger partial charge in [-0.25, -0.2) is 13.6 Å². The van der Waals surface area contributed by atoms with Gasteiger partial charge in [0, 0.05) is 0 Å². The molecule has 2 atom stereocenters. The SMILES string of the molecule is COC(=O)C[C@H](C(=O)OC)[C@@H](NC(=O)c1cccc(F)c1F)C(=O)OC. The van der Waals surface area contributed by atoms with Gasteiger partial charge in [0.05, 0.1) is 39.2 Å². The number of esters is 3. The van der Waals surface area contributed by atoms with Gasteiger partial charge in [0.1, 0.15) is 6.04 Å². The molecule has 0 aromatic heterocycles. The Balaban J connectivity index is 3.20. The lowest BCUT2D eigenvalue weighted by Crippen LogP contribution is -2.50. The van der Waals surface area contributed by atoms with Crippen molar-refractivity contribution in [2.45, 2.75) is 12.5 Å². The highest BCUT2D eigenvalue weighted by Gasteiger charge is 2.39. The van der Waals surface area contributed by atoms with Crippen molar-refractivity contribution in [3.63, 3.8) is 0 Å². The first-order valence-corrected chi connectivity index (χ1v) is 7.24. The molecular weight excluding hydrogens is 356 g/mol. The Morgan fingerprint density at radius 2 is 1.62 bits per heavy atom. The molecule has 10 heteroatoms. The van der Waals surface area contributed by atoms with Gasteiger partial charge < -0.3 is 19.5 Å². The number of halogens is 2. The lowest BCUT2D eigenvalue weighted by molar-refractivity contribution is -0.158. The Morgan fingerprint density at radius 3 is 2.15 bits per heavy atom. The zero-order valence-corrected chi connectivity index (χ0v) is 14.2. The van der Waals surface area contributed by atoms with Crippen LogP contribution in [0, 0.1) is 17.6 Å². The Bertz CT molecular complexity index is 708. The molecule has 8 nitrogen and oxygen atoms in total. The van der Waals surface area contributed by atoms with E-state index in [0.717, 1.165) is 39.5 Å². The fourth-order valence-electron chi connectivity index (χ4n) is 2.10. The minimum absolute atomic E-state index is 0.616. The summed E-state index contributed by atoms with van der Waals surface area (Å²) in [6.07, 6.45) is -0.616. The van der Waals surface area contributed by atoms with Crippen LogP contribution in [0.5, 0.6) is 0 Å². The molecule has 142 valence electrons. The van der Waals surface area contributed by atoms with Crippen molar-refractivity contribution in [1.82, 2.24) is 5.32 Å². The number of amides is 1. The fraction of sp³-hybridized carbons (Fsp3) is 0.375. The first kappa shape index (κ1) is 21.0. The summed E-state index contributed by atoms with van der Waals surface area (Å²) in [5.41, 5.74) is -0.694. The fourth-order valence-corrected chi connectivity index (χ4v) is 2.10. The molecule has 26 heavy (non-hydrogen) atoms. The van der Waals surface area contributed by atoms with Gasteiger partial charge in [-0.05, 0) is 12.1 Å². The molecule has 1 aromatic rings. The molecule has 0 spiro atoms. The van der Waals surface area contributed by atoms with E-state index in [9.17, 15) is 28.0 Å². The highest BCUT2D eigenvalue weighted by atomic mass is 19.2. The molecule has 0 radical (unpaired) electrons. The van der Waals surface area contributed by atoms with Crippen molar-refractivity contribution in [2.24, 2.45) is 5.92 Å². The van der Waals surface area contributed by atoms with Gasteiger partial charge >= 0.3 is 17.9 Å². The lowest BCUT2D eigenvalue weighted by Gasteiger charge is -2.23. The third-order valence-corrected chi connectivity index (χ3v) is 3.46. The minimum Gasteiger partial charge on any atom is -0.469 e. The normalized spacial score (nSPS) is 12.5. The summed E-state index contributed by atoms with van der Waals surface area (Å²) in [7, 11) is 3.05. The van der Waals surface area contributed by atoms with Gasteiger partial charge in [-0.15, -0.1) is 0 Å². The highest BCUT2D eigenvalue weighted by molar-refractivity contribution is 5.98. The number of benzene rings is 1. The van der Waals surface area contributed by atoms with Crippen LogP contribution in [0.1, 0.15) is 16.8 Å². The number of rotatable bonds is 7. The van der Waals surface area contributed by atoms with Crippen LogP contribution in [0.25, 0.3) is 0 Å². The molecule has 1 N–H and O–H groups in total. The first-order chi connectivity index (χ1) is 12.3. The summed E-state index contributed by atoms with van der Waals surface area (Å²) in [5, 5.41) is 2.07. The Morgan fingerprint density at radius 1 is 1.00 bits per heavy atom. The van der Waals surface area contributed by atoms with Crippen LogP contribution in [0.15, 0.2) is 18.2 Å². The molecule has 0 aliphatic heterocycles. The number of nitrogens with one attached hydrogen (secondary N) is 1. The molecule has 0 fully saturated rings. The maximum absolute atomic E-state index is 13.8. The maximum Gasteiger partial charge on any atom is 0.329 e. The van der Waals surface area contributed by atoms with Crippen molar-refractivity contribution < 1.29 is 42.2 Å². The minimum atomic E-state index is -1.69. The standard InChI is InChI=1S/C16H17F2NO7/c1-24-11(20)7-9(15(22)25-2)13(16(23)26-3)19-14(21)8-5-4-6-10(17)12(8)18/h4-6,9,13H,7H2,1-3H3,(H,19,21)/t9-,13+/m0/s1. The number of hydrogen-bond acceptors (Lipinski definition) is 7. The summed E-state index contributed by atoms with van der Waals surface area (Å²) >= 11 is 0. The van der Waals surface area contributed by atoms with Crippen LogP contribution in [0.3, 0.4) is 0 Å². The van der Waals surface area contributed by atoms with Gasteiger partial charge in [-0.3, -0.25) is 14.4 Å². The van der Waals surface area contributed by atoms with Crippen molar-refractivity contribution >= 4 is 23.8 Å². The van der Waals surface area contributed by atoms with E-state index in [1.807, 2.05) is 0 Å². The van der Waals surface area contributed by atoms with Gasteiger partial charge in [-0.2, -0.15) is 0 Å². The van der Waals surface area contributed by atoms with E-state index >= 15 is 0 Å². The van der Waals surface area contributed by atoms with Crippen molar-refractivity contribution in [2.75, 3.05) is 21.3 Å². The largest absolute Gasteiger partial charge is 0.469 e. The van der Waals surface area contributed by atoms with E-state index in [-0.39, 0.29) is 0 Å². The molecule has 0 saturated carbocycles. The number of hydrogen-bond donors (Lipinski definition) is 1. The molecule has 0 aliphatic carbocycles. The molecule has 0 aliphatic rings. The van der Waals surface area contributed by atoms with Gasteiger partial charge in [0.25, 0.3) is 5.91 Å². The topological polar surface area (TPSA) is 108 Å². The summed E-state index contributed by atoms with van der Waals surface area (Å²) in [6, 6.07) is 1.18. The zero-order chi connectivity index (χ0) is 19.9. The summed E-state index contributed by atoms with van der Waals surface area (Å²) in [5.74, 6) is -8.35. The van der Waals surface area contributed by atoms with Crippen LogP contribution >= 0.6 is 0 Å². The average molecular weight is 373 g/mol. The molecule has 1 amide bonds. The summed E-state index contributed by atoms with van der Waals surface area (Å²) in [6.45, 7) is 0. The van der Waals surface area contributed by atoms with E-state index in [0.29, 0.717) is 0 Å². The van der Waals surface area contributed by atoms with E-state index in [1.165, 1.54) is 0 Å². The van der Waals surface area contributed by atoms with Gasteiger partial charge in [0.15, 0.2) is 11.6 Å². The Kier molecular flexibility index (Phi) is 7.63. The number of methoxy groups -OCH3 is 3. The molecular formula is C16H17F2NO7. The molecule has 0 bridgehead atoms. The Hall–Kier alpha value is -3.04. The van der Waals surface area contributed by atoms with E-state index in [1.54, 1.807) is 0 Å². The summed E-state index contributed by atoms with van der Waals surface area (Å²) < 4.78 is 40.5. The zero-order valence-electron chi connectivity index (χ0n) is 14.2. The second-order valence-electron chi connectivity index (χ2n) is 4.99. The van der Waals surface area contributed by atoms with Crippen LogP contribution in [0.2, 0.25) is 0 Å². The number of carbonyl (C=O) groups is 4. The second-order valence-corrected chi connectivity index (χ2v) is 4.99. The first-order valence-electron chi connectivity index (χ1n) is 7.24. The third-order valence-electron chi connectivity index (χ3n) is 3.46. The van der Waals surface area contributed by atoms with Crippen LogP contribution in [-0.4, -0.2) is 51.2 Å². The predicted octanol–water partition coefficient (Wildman–Crippen LogP) is 0.588. The Labute approximate surface area is 147 Å². The van der Waals surface area contributed by atoms with Gasteiger partial charge in [-0.1, -0.05) is 6.07 Å². The lowest BCUT2D eigenvalue weighted by atomic mass is 9.95. The smallest absolute Gasteiger partial charge is 0.329 e. The maximum atomic E-state index is 13.8. The van der Waals surface area contributed by atoms with Crippen molar-refractivity contribution in [1.29, 1.82) is 0 Å². The predicted molar refractivity (Wildman–Crippen MR) is 81.8 cm³/mol. The summed E-state index contributed by atoms with van der Waals surface area (Å²) in [4.78, 5) is 47.7. The second kappa shape index (κ2) is 9.44. The average Bonchev–Trinajstić information content (AvgIpc) is 2.64. The van der Waals surface area contributed by atoms with Crippen LogP contribution in [-0.2, 0) is 28.6 Å².